The molecule has 3 nitrogen and oxygen atoms in total. The van der Waals surface area contributed by atoms with E-state index < -0.39 is 0 Å². The number of fused-ring (bicyclic) bond motifs is 1. The third kappa shape index (κ3) is 3.10. The zero-order valence-electron chi connectivity index (χ0n) is 11.8. The Hall–Kier alpha value is -0.650. The minimum atomic E-state index is -0.290. The molecule has 6 heteroatoms. The van der Waals surface area contributed by atoms with Gasteiger partial charge in [-0.3, -0.25) is 0 Å². The summed E-state index contributed by atoms with van der Waals surface area (Å²) < 4.78 is 22.1. The van der Waals surface area contributed by atoms with Crippen molar-refractivity contribution in [3.8, 4) is 0 Å². The number of alkyl halides is 1. The van der Waals surface area contributed by atoms with Crippen LogP contribution >= 0.6 is 27.5 Å². The second kappa shape index (κ2) is 6.23. The molecule has 1 saturated heterocycles. The Morgan fingerprint density at radius 1 is 1.52 bits per heavy atom. The van der Waals surface area contributed by atoms with Crippen molar-refractivity contribution in [2.24, 2.45) is 0 Å². The van der Waals surface area contributed by atoms with Crippen LogP contribution in [0.1, 0.15) is 37.4 Å². The van der Waals surface area contributed by atoms with Gasteiger partial charge < -0.3 is 9.30 Å². The van der Waals surface area contributed by atoms with Gasteiger partial charge in [-0.1, -0.05) is 0 Å². The predicted molar refractivity (Wildman–Crippen MR) is 85.3 cm³/mol. The summed E-state index contributed by atoms with van der Waals surface area (Å²) in [4.78, 5) is 4.56. The van der Waals surface area contributed by atoms with E-state index in [4.69, 9.17) is 16.3 Å². The van der Waals surface area contributed by atoms with Gasteiger partial charge >= 0.3 is 0 Å². The van der Waals surface area contributed by atoms with E-state index in [0.29, 0.717) is 11.0 Å². The van der Waals surface area contributed by atoms with E-state index >= 15 is 0 Å². The summed E-state index contributed by atoms with van der Waals surface area (Å²) in [6, 6.07) is 3.21. The molecule has 21 heavy (non-hydrogen) atoms. The summed E-state index contributed by atoms with van der Waals surface area (Å²) in [5, 5.41) is -0.233. The molecular weight excluding hydrogens is 359 g/mol. The number of benzene rings is 1. The van der Waals surface area contributed by atoms with E-state index in [0.717, 1.165) is 36.3 Å². The Bertz CT molecular complexity index is 653. The normalized spacial score (nSPS) is 20.9. The summed E-state index contributed by atoms with van der Waals surface area (Å²) in [5.74, 6) is 0.473. The van der Waals surface area contributed by atoms with Crippen molar-refractivity contribution in [1.29, 1.82) is 0 Å². The number of nitrogens with zero attached hydrogens (tertiary/aromatic N) is 2. The molecule has 0 N–H and O–H groups in total. The summed E-state index contributed by atoms with van der Waals surface area (Å²) in [7, 11) is 0. The number of hydrogen-bond donors (Lipinski definition) is 0. The predicted octanol–water partition coefficient (Wildman–Crippen LogP) is 4.81. The van der Waals surface area contributed by atoms with Gasteiger partial charge in [0.15, 0.2) is 0 Å². The molecule has 3 rings (SSSR count). The minimum absolute atomic E-state index is 0.150. The topological polar surface area (TPSA) is 27.1 Å². The van der Waals surface area contributed by atoms with Gasteiger partial charge in [-0.05, 0) is 48.2 Å². The van der Waals surface area contributed by atoms with Gasteiger partial charge in [0.2, 0.25) is 0 Å². The van der Waals surface area contributed by atoms with Crippen LogP contribution in [0.25, 0.3) is 11.0 Å². The Labute approximate surface area is 136 Å². The second-order valence-corrected chi connectivity index (χ2v) is 6.95. The van der Waals surface area contributed by atoms with Crippen molar-refractivity contribution < 1.29 is 9.13 Å². The molecule has 2 atom stereocenters. The molecule has 0 bridgehead atoms. The van der Waals surface area contributed by atoms with Crippen LogP contribution in [0, 0.1) is 5.82 Å². The number of rotatable bonds is 3. The van der Waals surface area contributed by atoms with E-state index in [-0.39, 0.29) is 17.3 Å². The van der Waals surface area contributed by atoms with Crippen molar-refractivity contribution in [1.82, 2.24) is 9.55 Å². The average Bonchev–Trinajstić information content (AvgIpc) is 2.79. The van der Waals surface area contributed by atoms with Crippen molar-refractivity contribution in [3.05, 3.63) is 28.2 Å². The van der Waals surface area contributed by atoms with Crippen LogP contribution in [0.3, 0.4) is 0 Å². The molecular formula is C15H17BrClFN2O. The van der Waals surface area contributed by atoms with E-state index in [9.17, 15) is 4.39 Å². The molecule has 2 aromatic rings. The number of aromatic nitrogens is 2. The monoisotopic (exact) mass is 374 g/mol. The molecule has 1 aliphatic rings. The summed E-state index contributed by atoms with van der Waals surface area (Å²) in [6.07, 6.45) is 3.45. The Balaban J connectivity index is 2.04. The van der Waals surface area contributed by atoms with Gasteiger partial charge in [0.1, 0.15) is 11.6 Å². The smallest absolute Gasteiger partial charge is 0.139 e. The summed E-state index contributed by atoms with van der Waals surface area (Å²) in [6.45, 7) is 3.35. The maximum atomic E-state index is 13.9. The van der Waals surface area contributed by atoms with Crippen LogP contribution in [0.5, 0.6) is 0 Å². The third-order valence-corrected chi connectivity index (χ3v) is 4.64. The fourth-order valence-corrected chi connectivity index (χ4v) is 3.29. The lowest BCUT2D eigenvalue weighted by molar-refractivity contribution is 0.00618. The van der Waals surface area contributed by atoms with Crippen molar-refractivity contribution in [2.45, 2.75) is 44.2 Å². The van der Waals surface area contributed by atoms with Gasteiger partial charge in [0.25, 0.3) is 0 Å². The first-order chi connectivity index (χ1) is 10.1. The maximum absolute atomic E-state index is 13.9. The lowest BCUT2D eigenvalue weighted by Gasteiger charge is -2.24. The van der Waals surface area contributed by atoms with Gasteiger partial charge in [-0.15, -0.1) is 11.6 Å². The number of hydrogen-bond acceptors (Lipinski definition) is 2. The molecule has 2 unspecified atom stereocenters. The highest BCUT2D eigenvalue weighted by molar-refractivity contribution is 9.10. The van der Waals surface area contributed by atoms with Crippen LogP contribution in [0.15, 0.2) is 16.6 Å². The minimum Gasteiger partial charge on any atom is -0.376 e. The number of halogens is 3. The van der Waals surface area contributed by atoms with E-state index in [1.54, 1.807) is 6.07 Å². The van der Waals surface area contributed by atoms with Crippen LogP contribution in [-0.4, -0.2) is 22.3 Å². The highest BCUT2D eigenvalue weighted by atomic mass is 79.9. The van der Waals surface area contributed by atoms with Gasteiger partial charge in [-0.2, -0.15) is 0 Å². The first kappa shape index (κ1) is 15.3. The molecule has 1 aliphatic heterocycles. The van der Waals surface area contributed by atoms with Crippen molar-refractivity contribution in [3.63, 3.8) is 0 Å². The molecule has 0 radical (unpaired) electrons. The first-order valence-electron chi connectivity index (χ1n) is 7.17. The molecule has 0 amide bonds. The molecule has 1 aromatic carbocycles. The van der Waals surface area contributed by atoms with Crippen LogP contribution in [0.2, 0.25) is 0 Å². The Morgan fingerprint density at radius 3 is 3.00 bits per heavy atom. The zero-order valence-corrected chi connectivity index (χ0v) is 14.1. The SMILES string of the molecule is CC(Cl)c1nc2cc(Br)c(F)cc2n1CC1CCCCO1. The largest absolute Gasteiger partial charge is 0.376 e. The van der Waals surface area contributed by atoms with Crippen molar-refractivity contribution in [2.75, 3.05) is 6.61 Å². The molecule has 0 spiro atoms. The second-order valence-electron chi connectivity index (χ2n) is 5.44. The van der Waals surface area contributed by atoms with Crippen LogP contribution in [-0.2, 0) is 11.3 Å². The highest BCUT2D eigenvalue weighted by Crippen LogP contribution is 2.29. The lowest BCUT2D eigenvalue weighted by atomic mass is 10.1. The standard InChI is InChI=1S/C15H17BrClFN2O/c1-9(17)15-19-13-6-11(16)12(18)7-14(13)20(15)8-10-4-2-3-5-21-10/h6-7,9-10H,2-5,8H2,1H3. The van der Waals surface area contributed by atoms with Gasteiger partial charge in [0, 0.05) is 12.7 Å². The highest BCUT2D eigenvalue weighted by Gasteiger charge is 2.21. The Kier molecular flexibility index (Phi) is 4.52. The lowest BCUT2D eigenvalue weighted by Crippen LogP contribution is -2.25. The fraction of sp³-hybridized carbons (Fsp3) is 0.533. The number of imidazole rings is 1. The van der Waals surface area contributed by atoms with Crippen molar-refractivity contribution >= 4 is 38.6 Å². The Morgan fingerprint density at radius 2 is 2.33 bits per heavy atom. The van der Waals surface area contributed by atoms with E-state index in [1.807, 2.05) is 11.5 Å². The quantitative estimate of drug-likeness (QED) is 0.720. The third-order valence-electron chi connectivity index (χ3n) is 3.84. The molecule has 1 aromatic heterocycles. The first-order valence-corrected chi connectivity index (χ1v) is 8.40. The van der Waals surface area contributed by atoms with Gasteiger partial charge in [-0.25, -0.2) is 9.37 Å². The van der Waals surface area contributed by atoms with E-state index in [2.05, 4.69) is 20.9 Å². The van der Waals surface area contributed by atoms with Crippen LogP contribution in [0.4, 0.5) is 4.39 Å². The molecule has 0 aliphatic carbocycles. The molecule has 1 fully saturated rings. The molecule has 0 saturated carbocycles. The van der Waals surface area contributed by atoms with Gasteiger partial charge in [0.05, 0.1) is 33.5 Å². The maximum Gasteiger partial charge on any atom is 0.139 e. The zero-order chi connectivity index (χ0) is 15.0. The van der Waals surface area contributed by atoms with Crippen LogP contribution < -0.4 is 0 Å². The average molecular weight is 376 g/mol. The molecule has 2 heterocycles. The molecule has 114 valence electrons. The van der Waals surface area contributed by atoms with E-state index in [1.165, 1.54) is 12.5 Å². The summed E-state index contributed by atoms with van der Waals surface area (Å²) in [5.41, 5.74) is 1.52. The fourth-order valence-electron chi connectivity index (χ4n) is 2.79. The summed E-state index contributed by atoms with van der Waals surface area (Å²) >= 11 is 9.45. The number of ether oxygens (including phenoxy) is 1.